The molecular weight excluding hydrogens is 427 g/mol. The van der Waals surface area contributed by atoms with Gasteiger partial charge >= 0.3 is 6.18 Å². The Labute approximate surface area is 186 Å². The topological polar surface area (TPSA) is 18.5 Å². The van der Waals surface area contributed by atoms with Crippen molar-refractivity contribution in [3.8, 4) is 11.5 Å². The lowest BCUT2D eigenvalue weighted by Crippen LogP contribution is -2.16. The van der Waals surface area contributed by atoms with Crippen molar-refractivity contribution in [2.24, 2.45) is 5.92 Å². The summed E-state index contributed by atoms with van der Waals surface area (Å²) >= 11 is 0. The van der Waals surface area contributed by atoms with Gasteiger partial charge in [0.1, 0.15) is 11.3 Å². The van der Waals surface area contributed by atoms with Crippen molar-refractivity contribution in [1.29, 1.82) is 0 Å². The monoisotopic (exact) mass is 458 g/mol. The standard InChI is InChI=1S/C25H31F5O2/c1-3-5-13-31-20-12-11-18-14-19(17-9-7-16(6-4-2)8-10-17)23(27)24(32-15-26)21(18)22(20)25(28,29)30/h11-12,14,16-17H,3-10,13,15H2,1-2H3. The molecule has 1 fully saturated rings. The van der Waals surface area contributed by atoms with Crippen LogP contribution in [0.2, 0.25) is 0 Å². The second-order valence-corrected chi connectivity index (χ2v) is 8.61. The van der Waals surface area contributed by atoms with E-state index in [1.165, 1.54) is 18.2 Å². The van der Waals surface area contributed by atoms with Gasteiger partial charge < -0.3 is 9.47 Å². The number of alkyl halides is 4. The van der Waals surface area contributed by atoms with Gasteiger partial charge in [-0.25, -0.2) is 8.78 Å². The predicted octanol–water partition coefficient (Wildman–Crippen LogP) is 8.56. The summed E-state index contributed by atoms with van der Waals surface area (Å²) in [6.45, 7) is 2.71. The maximum absolute atomic E-state index is 15.5. The van der Waals surface area contributed by atoms with Gasteiger partial charge in [-0.1, -0.05) is 39.2 Å². The fourth-order valence-corrected chi connectivity index (χ4v) is 4.82. The molecule has 0 radical (unpaired) electrons. The molecule has 7 heteroatoms. The van der Waals surface area contributed by atoms with E-state index in [-0.39, 0.29) is 17.9 Å². The highest BCUT2D eigenvalue weighted by atomic mass is 19.4. The van der Waals surface area contributed by atoms with Gasteiger partial charge in [0.05, 0.1) is 6.61 Å². The van der Waals surface area contributed by atoms with E-state index in [0.29, 0.717) is 17.9 Å². The zero-order chi connectivity index (χ0) is 23.3. The van der Waals surface area contributed by atoms with E-state index in [1.54, 1.807) is 0 Å². The number of rotatable bonds is 9. The fraction of sp³-hybridized carbons (Fsp3) is 0.600. The first-order valence-corrected chi connectivity index (χ1v) is 11.5. The van der Waals surface area contributed by atoms with Crippen LogP contribution in [-0.4, -0.2) is 13.5 Å². The first-order chi connectivity index (χ1) is 15.3. The van der Waals surface area contributed by atoms with Gasteiger partial charge in [-0.3, -0.25) is 0 Å². The molecule has 0 aromatic heterocycles. The van der Waals surface area contributed by atoms with Crippen molar-refractivity contribution in [2.75, 3.05) is 13.5 Å². The highest BCUT2D eigenvalue weighted by Gasteiger charge is 2.39. The van der Waals surface area contributed by atoms with Crippen LogP contribution in [0.1, 0.15) is 82.3 Å². The van der Waals surface area contributed by atoms with E-state index in [4.69, 9.17) is 9.47 Å². The van der Waals surface area contributed by atoms with Crippen LogP contribution < -0.4 is 9.47 Å². The second kappa shape index (κ2) is 10.7. The molecule has 0 heterocycles. The molecule has 1 aliphatic rings. The Morgan fingerprint density at radius 3 is 2.31 bits per heavy atom. The Balaban J connectivity index is 2.11. The Kier molecular flexibility index (Phi) is 8.23. The van der Waals surface area contributed by atoms with Gasteiger partial charge in [-0.05, 0) is 67.0 Å². The molecule has 0 amide bonds. The second-order valence-electron chi connectivity index (χ2n) is 8.61. The van der Waals surface area contributed by atoms with E-state index in [2.05, 4.69) is 6.92 Å². The highest BCUT2D eigenvalue weighted by Crippen LogP contribution is 2.48. The molecule has 2 aromatic rings. The number of fused-ring (bicyclic) bond motifs is 1. The largest absolute Gasteiger partial charge is 0.493 e. The molecule has 0 unspecified atom stereocenters. The smallest absolute Gasteiger partial charge is 0.420 e. The first-order valence-electron chi connectivity index (χ1n) is 11.5. The van der Waals surface area contributed by atoms with Gasteiger partial charge in [0.2, 0.25) is 6.86 Å². The van der Waals surface area contributed by atoms with Gasteiger partial charge in [0, 0.05) is 5.39 Å². The Morgan fingerprint density at radius 2 is 1.72 bits per heavy atom. The lowest BCUT2D eigenvalue weighted by molar-refractivity contribution is -0.137. The van der Waals surface area contributed by atoms with Gasteiger partial charge in [0.25, 0.3) is 0 Å². The van der Waals surface area contributed by atoms with E-state index in [9.17, 15) is 17.6 Å². The van der Waals surface area contributed by atoms with Gasteiger partial charge in [0.15, 0.2) is 11.6 Å². The van der Waals surface area contributed by atoms with Crippen LogP contribution in [0.15, 0.2) is 18.2 Å². The Bertz CT molecular complexity index is 902. The zero-order valence-corrected chi connectivity index (χ0v) is 18.7. The van der Waals surface area contributed by atoms with Crippen molar-refractivity contribution in [1.82, 2.24) is 0 Å². The molecular formula is C25H31F5O2. The molecule has 2 aromatic carbocycles. The van der Waals surface area contributed by atoms with Crippen LogP contribution in [0.5, 0.6) is 11.5 Å². The number of hydrogen-bond acceptors (Lipinski definition) is 2. The average molecular weight is 459 g/mol. The van der Waals surface area contributed by atoms with Crippen LogP contribution in [0.4, 0.5) is 22.0 Å². The molecule has 0 atom stereocenters. The fourth-order valence-electron chi connectivity index (χ4n) is 4.82. The number of ether oxygens (including phenoxy) is 2. The summed E-state index contributed by atoms with van der Waals surface area (Å²) in [7, 11) is 0. The third kappa shape index (κ3) is 5.29. The molecule has 32 heavy (non-hydrogen) atoms. The lowest BCUT2D eigenvalue weighted by Gasteiger charge is -2.29. The summed E-state index contributed by atoms with van der Waals surface area (Å²) in [5.41, 5.74) is -0.810. The summed E-state index contributed by atoms with van der Waals surface area (Å²) < 4.78 is 81.1. The minimum absolute atomic E-state index is 0.103. The van der Waals surface area contributed by atoms with Gasteiger partial charge in [-0.2, -0.15) is 13.2 Å². The molecule has 0 bridgehead atoms. The predicted molar refractivity (Wildman–Crippen MR) is 116 cm³/mol. The molecule has 0 spiro atoms. The number of unbranched alkanes of at least 4 members (excludes halogenated alkanes) is 1. The molecule has 0 saturated heterocycles. The molecule has 2 nitrogen and oxygen atoms in total. The quantitative estimate of drug-likeness (QED) is 0.277. The Morgan fingerprint density at radius 1 is 1.00 bits per heavy atom. The van der Waals surface area contributed by atoms with Crippen LogP contribution in [0.25, 0.3) is 10.8 Å². The Hall–Kier alpha value is -2.05. The summed E-state index contributed by atoms with van der Waals surface area (Å²) in [5.74, 6) is -1.49. The number of hydrogen-bond donors (Lipinski definition) is 0. The third-order valence-corrected chi connectivity index (χ3v) is 6.41. The summed E-state index contributed by atoms with van der Waals surface area (Å²) in [6, 6.07) is 4.22. The lowest BCUT2D eigenvalue weighted by atomic mass is 9.76. The van der Waals surface area contributed by atoms with Crippen molar-refractivity contribution in [2.45, 2.75) is 77.3 Å². The van der Waals surface area contributed by atoms with E-state index >= 15 is 4.39 Å². The summed E-state index contributed by atoms with van der Waals surface area (Å²) in [4.78, 5) is 0. The van der Waals surface area contributed by atoms with E-state index < -0.39 is 41.3 Å². The maximum atomic E-state index is 15.5. The van der Waals surface area contributed by atoms with Crippen LogP contribution in [0, 0.1) is 11.7 Å². The highest BCUT2D eigenvalue weighted by molar-refractivity contribution is 5.94. The molecule has 1 aliphatic carbocycles. The first kappa shape index (κ1) is 24.6. The molecule has 1 saturated carbocycles. The maximum Gasteiger partial charge on any atom is 0.420 e. The van der Waals surface area contributed by atoms with E-state index in [1.807, 2.05) is 6.92 Å². The third-order valence-electron chi connectivity index (χ3n) is 6.41. The zero-order valence-electron chi connectivity index (χ0n) is 18.7. The normalized spacial score (nSPS) is 19.3. The number of benzene rings is 2. The molecule has 3 rings (SSSR count). The van der Waals surface area contributed by atoms with Crippen LogP contribution in [0.3, 0.4) is 0 Å². The van der Waals surface area contributed by atoms with Crippen LogP contribution >= 0.6 is 0 Å². The average Bonchev–Trinajstić information content (AvgIpc) is 2.75. The minimum Gasteiger partial charge on any atom is -0.493 e. The van der Waals surface area contributed by atoms with Crippen LogP contribution in [-0.2, 0) is 6.18 Å². The van der Waals surface area contributed by atoms with Crippen molar-refractivity contribution >= 4 is 10.8 Å². The minimum atomic E-state index is -4.82. The van der Waals surface area contributed by atoms with Crippen molar-refractivity contribution in [3.05, 3.63) is 35.1 Å². The van der Waals surface area contributed by atoms with Crippen molar-refractivity contribution in [3.63, 3.8) is 0 Å². The number of halogens is 5. The summed E-state index contributed by atoms with van der Waals surface area (Å²) in [6.07, 6.45) is 2.15. The molecule has 0 N–H and O–H groups in total. The SMILES string of the molecule is CCCCOc1ccc2cc(C3CCC(CCC)CC3)c(F)c(OCF)c2c1C(F)(F)F. The van der Waals surface area contributed by atoms with E-state index in [0.717, 1.165) is 44.9 Å². The van der Waals surface area contributed by atoms with Gasteiger partial charge in [-0.15, -0.1) is 0 Å². The summed E-state index contributed by atoms with van der Waals surface area (Å²) in [5, 5.41) is -0.305. The molecule has 178 valence electrons. The van der Waals surface area contributed by atoms with Crippen molar-refractivity contribution < 1.29 is 31.4 Å². The molecule has 0 aliphatic heterocycles.